The van der Waals surface area contributed by atoms with E-state index in [4.69, 9.17) is 16.3 Å². The van der Waals surface area contributed by atoms with Crippen molar-refractivity contribution in [1.82, 2.24) is 10.2 Å². The fourth-order valence-electron chi connectivity index (χ4n) is 4.40. The summed E-state index contributed by atoms with van der Waals surface area (Å²) >= 11 is 6.00. The van der Waals surface area contributed by atoms with E-state index in [9.17, 15) is 9.59 Å². The van der Waals surface area contributed by atoms with Gasteiger partial charge in [0.1, 0.15) is 0 Å². The van der Waals surface area contributed by atoms with Gasteiger partial charge in [0, 0.05) is 11.6 Å². The van der Waals surface area contributed by atoms with Gasteiger partial charge >= 0.3 is 12.0 Å². The van der Waals surface area contributed by atoms with Gasteiger partial charge in [-0.2, -0.15) is 0 Å². The number of halogens is 1. The third-order valence-corrected chi connectivity index (χ3v) is 5.99. The van der Waals surface area contributed by atoms with Crippen LogP contribution in [0.3, 0.4) is 0 Å². The van der Waals surface area contributed by atoms with Crippen LogP contribution in [0.25, 0.3) is 0 Å². The summed E-state index contributed by atoms with van der Waals surface area (Å²) in [4.78, 5) is 27.2. The topological polar surface area (TPSA) is 58.6 Å². The van der Waals surface area contributed by atoms with Gasteiger partial charge in [0.15, 0.2) is 0 Å². The highest BCUT2D eigenvalue weighted by Crippen LogP contribution is 2.35. The summed E-state index contributed by atoms with van der Waals surface area (Å²) in [5, 5.41) is 3.93. The summed E-state index contributed by atoms with van der Waals surface area (Å²) in [6.07, 6.45) is 7.05. The Morgan fingerprint density at radius 1 is 1.19 bits per heavy atom. The highest BCUT2D eigenvalue weighted by Gasteiger charge is 2.39. The van der Waals surface area contributed by atoms with E-state index >= 15 is 0 Å². The Morgan fingerprint density at radius 3 is 2.56 bits per heavy atom. The van der Waals surface area contributed by atoms with Gasteiger partial charge in [-0.05, 0) is 50.3 Å². The van der Waals surface area contributed by atoms with Crippen LogP contribution in [-0.2, 0) is 9.53 Å². The second-order valence-electron chi connectivity index (χ2n) is 7.66. The third kappa shape index (κ3) is 4.95. The SMILES string of the molecule is CCOC(=O)CC1(NC(=O)N2CCCC2c2ccc(Cl)cc2)CCCCC1. The number of carbonyl (C=O) groups is 2. The molecule has 2 aliphatic rings. The molecule has 5 nitrogen and oxygen atoms in total. The molecule has 3 rings (SSSR count). The number of hydrogen-bond donors (Lipinski definition) is 1. The number of carbonyl (C=O) groups excluding carboxylic acids is 2. The van der Waals surface area contributed by atoms with Crippen molar-refractivity contribution in [3.8, 4) is 0 Å². The fraction of sp³-hybridized carbons (Fsp3) is 0.619. The second-order valence-corrected chi connectivity index (χ2v) is 8.09. The molecule has 148 valence electrons. The lowest BCUT2D eigenvalue weighted by molar-refractivity contribution is -0.145. The number of esters is 1. The third-order valence-electron chi connectivity index (χ3n) is 5.74. The molecule has 1 aromatic rings. The maximum Gasteiger partial charge on any atom is 0.318 e. The van der Waals surface area contributed by atoms with E-state index in [0.29, 0.717) is 11.6 Å². The molecule has 1 saturated heterocycles. The Kier molecular flexibility index (Phi) is 6.64. The molecule has 1 N–H and O–H groups in total. The van der Waals surface area contributed by atoms with E-state index < -0.39 is 5.54 Å². The minimum atomic E-state index is -0.477. The Morgan fingerprint density at radius 2 is 1.89 bits per heavy atom. The van der Waals surface area contributed by atoms with Crippen molar-refractivity contribution in [2.45, 2.75) is 69.9 Å². The molecule has 1 saturated carbocycles. The van der Waals surface area contributed by atoms with Crippen molar-refractivity contribution in [3.63, 3.8) is 0 Å². The second kappa shape index (κ2) is 8.96. The molecule has 1 aliphatic heterocycles. The number of ether oxygens (including phenoxy) is 1. The molecule has 6 heteroatoms. The number of nitrogens with one attached hydrogen (secondary N) is 1. The van der Waals surface area contributed by atoms with E-state index in [1.807, 2.05) is 36.1 Å². The van der Waals surface area contributed by atoms with Gasteiger partial charge in [0.25, 0.3) is 0 Å². The first-order valence-electron chi connectivity index (χ1n) is 10.0. The minimum absolute atomic E-state index is 0.0606. The lowest BCUT2D eigenvalue weighted by Gasteiger charge is -2.39. The van der Waals surface area contributed by atoms with Gasteiger partial charge < -0.3 is 15.0 Å². The number of likely N-dealkylation sites (tertiary alicyclic amines) is 1. The van der Waals surface area contributed by atoms with Gasteiger partial charge in [-0.15, -0.1) is 0 Å². The summed E-state index contributed by atoms with van der Waals surface area (Å²) < 4.78 is 5.16. The highest BCUT2D eigenvalue weighted by atomic mass is 35.5. The molecule has 2 amide bonds. The van der Waals surface area contributed by atoms with Gasteiger partial charge in [0.2, 0.25) is 0 Å². The zero-order valence-electron chi connectivity index (χ0n) is 16.0. The summed E-state index contributed by atoms with van der Waals surface area (Å²) in [6, 6.07) is 7.72. The van der Waals surface area contributed by atoms with Crippen LogP contribution in [-0.4, -0.2) is 35.6 Å². The molecule has 1 unspecified atom stereocenters. The zero-order chi connectivity index (χ0) is 19.3. The van der Waals surface area contributed by atoms with Crippen LogP contribution in [0, 0.1) is 0 Å². The first kappa shape index (κ1) is 20.0. The smallest absolute Gasteiger partial charge is 0.318 e. The van der Waals surface area contributed by atoms with E-state index in [1.54, 1.807) is 0 Å². The van der Waals surface area contributed by atoms with E-state index in [1.165, 1.54) is 0 Å². The minimum Gasteiger partial charge on any atom is -0.466 e. The molecule has 0 radical (unpaired) electrons. The predicted octanol–water partition coefficient (Wildman–Crippen LogP) is 4.84. The summed E-state index contributed by atoms with van der Waals surface area (Å²) in [5.74, 6) is -0.227. The Bertz CT molecular complexity index is 656. The van der Waals surface area contributed by atoms with Crippen LogP contribution < -0.4 is 5.32 Å². The molecular weight excluding hydrogens is 364 g/mol. The van der Waals surface area contributed by atoms with E-state index in [0.717, 1.165) is 57.1 Å². The summed E-state index contributed by atoms with van der Waals surface area (Å²) in [5.41, 5.74) is 0.629. The quantitative estimate of drug-likeness (QED) is 0.729. The maximum atomic E-state index is 13.1. The van der Waals surface area contributed by atoms with Crippen LogP contribution in [0.5, 0.6) is 0 Å². The van der Waals surface area contributed by atoms with Crippen LogP contribution in [0.2, 0.25) is 5.02 Å². The molecular formula is C21H29ClN2O3. The van der Waals surface area contributed by atoms with Crippen LogP contribution >= 0.6 is 11.6 Å². The lowest BCUT2D eigenvalue weighted by Crippen LogP contribution is -2.55. The first-order valence-corrected chi connectivity index (χ1v) is 10.4. The number of urea groups is 1. The van der Waals surface area contributed by atoms with Crippen LogP contribution in [0.4, 0.5) is 4.79 Å². The highest BCUT2D eigenvalue weighted by molar-refractivity contribution is 6.30. The molecule has 0 aromatic heterocycles. The molecule has 1 atom stereocenters. The fourth-order valence-corrected chi connectivity index (χ4v) is 4.53. The summed E-state index contributed by atoms with van der Waals surface area (Å²) in [6.45, 7) is 2.91. The summed E-state index contributed by atoms with van der Waals surface area (Å²) in [7, 11) is 0. The normalized spacial score (nSPS) is 21.7. The van der Waals surface area contributed by atoms with Gasteiger partial charge in [-0.25, -0.2) is 4.79 Å². The Balaban J connectivity index is 1.72. The van der Waals surface area contributed by atoms with Gasteiger partial charge in [0.05, 0.1) is 24.6 Å². The van der Waals surface area contributed by atoms with Crippen LogP contribution in [0.15, 0.2) is 24.3 Å². The number of nitrogens with zero attached hydrogens (tertiary/aromatic N) is 1. The standard InChI is InChI=1S/C21H29ClN2O3/c1-2-27-19(25)15-21(12-4-3-5-13-21)23-20(26)24-14-6-7-18(24)16-8-10-17(22)11-9-16/h8-11,18H,2-7,12-15H2,1H3,(H,23,26). The van der Waals surface area contributed by atoms with Crippen molar-refractivity contribution in [2.75, 3.05) is 13.2 Å². The lowest BCUT2D eigenvalue weighted by atomic mass is 9.79. The molecule has 0 spiro atoms. The first-order chi connectivity index (χ1) is 13.0. The Hall–Kier alpha value is -1.75. The van der Waals surface area contributed by atoms with Crippen molar-refractivity contribution in [1.29, 1.82) is 0 Å². The predicted molar refractivity (Wildman–Crippen MR) is 106 cm³/mol. The maximum absolute atomic E-state index is 13.1. The Labute approximate surface area is 166 Å². The van der Waals surface area contributed by atoms with Crippen molar-refractivity contribution < 1.29 is 14.3 Å². The van der Waals surface area contributed by atoms with Crippen molar-refractivity contribution in [3.05, 3.63) is 34.9 Å². The molecule has 27 heavy (non-hydrogen) atoms. The molecule has 1 heterocycles. The van der Waals surface area contributed by atoms with Crippen molar-refractivity contribution in [2.24, 2.45) is 0 Å². The van der Waals surface area contributed by atoms with Crippen LogP contribution in [0.1, 0.15) is 69.9 Å². The van der Waals surface area contributed by atoms with E-state index in [2.05, 4.69) is 5.32 Å². The number of amides is 2. The van der Waals surface area contributed by atoms with Gasteiger partial charge in [-0.3, -0.25) is 4.79 Å². The number of hydrogen-bond acceptors (Lipinski definition) is 3. The van der Waals surface area contributed by atoms with E-state index in [-0.39, 0.29) is 24.5 Å². The largest absolute Gasteiger partial charge is 0.466 e. The monoisotopic (exact) mass is 392 g/mol. The zero-order valence-corrected chi connectivity index (χ0v) is 16.8. The molecule has 1 aromatic carbocycles. The molecule has 2 fully saturated rings. The molecule has 1 aliphatic carbocycles. The van der Waals surface area contributed by atoms with Crippen molar-refractivity contribution >= 4 is 23.6 Å². The van der Waals surface area contributed by atoms with Gasteiger partial charge in [-0.1, -0.05) is 43.0 Å². The average molecular weight is 393 g/mol. The number of rotatable bonds is 5. The average Bonchev–Trinajstić information content (AvgIpc) is 3.13. The number of benzene rings is 1. The molecule has 0 bridgehead atoms.